The van der Waals surface area contributed by atoms with E-state index in [0.29, 0.717) is 5.75 Å². The summed E-state index contributed by atoms with van der Waals surface area (Å²) in [6.45, 7) is 1.61. The van der Waals surface area contributed by atoms with Crippen LogP contribution in [0.15, 0.2) is 36.4 Å². The predicted molar refractivity (Wildman–Crippen MR) is 78.6 cm³/mol. The smallest absolute Gasteiger partial charge is 0.269 e. The van der Waals surface area contributed by atoms with E-state index in [1.165, 1.54) is 36.4 Å². The standard InChI is InChI=1S/C14H10Cl2FNO3/c1-8(13-12(17)7-6-11(15)14(13)16)21-10-4-2-9(3-5-10)18(19)20/h2-8H,1H3. The van der Waals surface area contributed by atoms with Crippen LogP contribution in [0.1, 0.15) is 18.6 Å². The van der Waals surface area contributed by atoms with Gasteiger partial charge in [-0.2, -0.15) is 0 Å². The first kappa shape index (κ1) is 15.5. The van der Waals surface area contributed by atoms with Crippen molar-refractivity contribution in [3.05, 3.63) is 67.9 Å². The first-order valence-corrected chi connectivity index (χ1v) is 6.70. The highest BCUT2D eigenvalue weighted by Gasteiger charge is 2.19. The van der Waals surface area contributed by atoms with Crippen LogP contribution in [-0.4, -0.2) is 4.92 Å². The molecule has 0 saturated heterocycles. The van der Waals surface area contributed by atoms with Gasteiger partial charge < -0.3 is 4.74 Å². The van der Waals surface area contributed by atoms with Crippen LogP contribution in [0, 0.1) is 15.9 Å². The zero-order valence-electron chi connectivity index (χ0n) is 10.8. The van der Waals surface area contributed by atoms with Gasteiger partial charge in [-0.15, -0.1) is 0 Å². The van der Waals surface area contributed by atoms with E-state index in [4.69, 9.17) is 27.9 Å². The number of rotatable bonds is 4. The Kier molecular flexibility index (Phi) is 4.65. The van der Waals surface area contributed by atoms with E-state index < -0.39 is 16.8 Å². The Morgan fingerprint density at radius 3 is 2.38 bits per heavy atom. The van der Waals surface area contributed by atoms with Gasteiger partial charge in [0.05, 0.1) is 15.0 Å². The molecule has 1 atom stereocenters. The summed E-state index contributed by atoms with van der Waals surface area (Å²) in [7, 11) is 0. The van der Waals surface area contributed by atoms with Crippen molar-refractivity contribution in [3.8, 4) is 5.75 Å². The molecule has 2 aromatic rings. The molecule has 21 heavy (non-hydrogen) atoms. The van der Waals surface area contributed by atoms with Crippen molar-refractivity contribution >= 4 is 28.9 Å². The number of non-ortho nitro benzene ring substituents is 1. The summed E-state index contributed by atoms with van der Waals surface area (Å²) < 4.78 is 19.4. The van der Waals surface area contributed by atoms with Crippen molar-refractivity contribution in [2.75, 3.05) is 0 Å². The van der Waals surface area contributed by atoms with Crippen LogP contribution in [0.5, 0.6) is 5.75 Å². The molecule has 0 saturated carbocycles. The molecule has 0 aliphatic rings. The summed E-state index contributed by atoms with van der Waals surface area (Å²) in [4.78, 5) is 10.1. The third-order valence-electron chi connectivity index (χ3n) is 2.85. The molecule has 0 fully saturated rings. The first-order chi connectivity index (χ1) is 9.90. The topological polar surface area (TPSA) is 52.4 Å². The highest BCUT2D eigenvalue weighted by molar-refractivity contribution is 6.42. The molecular formula is C14H10Cl2FNO3. The SMILES string of the molecule is CC(Oc1ccc([N+](=O)[O-])cc1)c1c(F)ccc(Cl)c1Cl. The van der Waals surface area contributed by atoms with E-state index in [0.717, 1.165) is 0 Å². The molecule has 0 aromatic heterocycles. The molecule has 0 bridgehead atoms. The Hall–Kier alpha value is -1.85. The maximum atomic E-state index is 13.8. The van der Waals surface area contributed by atoms with Crippen LogP contribution < -0.4 is 4.74 Å². The fourth-order valence-corrected chi connectivity index (χ4v) is 2.30. The van der Waals surface area contributed by atoms with Gasteiger partial charge in [0.2, 0.25) is 0 Å². The molecule has 7 heteroatoms. The molecule has 2 aromatic carbocycles. The van der Waals surface area contributed by atoms with E-state index in [-0.39, 0.29) is 21.3 Å². The maximum Gasteiger partial charge on any atom is 0.269 e. The summed E-state index contributed by atoms with van der Waals surface area (Å²) in [5, 5.41) is 10.9. The van der Waals surface area contributed by atoms with E-state index in [2.05, 4.69) is 0 Å². The van der Waals surface area contributed by atoms with Gasteiger partial charge in [-0.1, -0.05) is 23.2 Å². The van der Waals surface area contributed by atoms with E-state index in [1.807, 2.05) is 0 Å². The molecule has 0 N–H and O–H groups in total. The number of ether oxygens (including phenoxy) is 1. The van der Waals surface area contributed by atoms with Crippen LogP contribution in [0.2, 0.25) is 10.0 Å². The van der Waals surface area contributed by atoms with Gasteiger partial charge >= 0.3 is 0 Å². The van der Waals surface area contributed by atoms with Gasteiger partial charge in [0.15, 0.2) is 0 Å². The normalized spacial score (nSPS) is 12.0. The fourth-order valence-electron chi connectivity index (χ4n) is 1.82. The van der Waals surface area contributed by atoms with Gasteiger partial charge in [0, 0.05) is 17.7 Å². The number of nitro groups is 1. The fraction of sp³-hybridized carbons (Fsp3) is 0.143. The molecule has 110 valence electrons. The van der Waals surface area contributed by atoms with Crippen molar-refractivity contribution in [2.45, 2.75) is 13.0 Å². The third-order valence-corrected chi connectivity index (χ3v) is 3.67. The number of hydrogen-bond donors (Lipinski definition) is 0. The number of halogens is 3. The second kappa shape index (κ2) is 6.28. The zero-order chi connectivity index (χ0) is 15.6. The number of hydrogen-bond acceptors (Lipinski definition) is 3. The largest absolute Gasteiger partial charge is 0.486 e. The van der Waals surface area contributed by atoms with Crippen molar-refractivity contribution < 1.29 is 14.1 Å². The van der Waals surface area contributed by atoms with E-state index in [1.54, 1.807) is 6.92 Å². The Morgan fingerprint density at radius 1 is 1.19 bits per heavy atom. The van der Waals surface area contributed by atoms with Gasteiger partial charge in [-0.05, 0) is 31.2 Å². The highest BCUT2D eigenvalue weighted by Crippen LogP contribution is 2.34. The molecule has 4 nitrogen and oxygen atoms in total. The van der Waals surface area contributed by atoms with Crippen LogP contribution in [-0.2, 0) is 0 Å². The molecule has 0 aliphatic carbocycles. The predicted octanol–water partition coefficient (Wildman–Crippen LogP) is 5.18. The highest BCUT2D eigenvalue weighted by atomic mass is 35.5. The lowest BCUT2D eigenvalue weighted by Crippen LogP contribution is -2.06. The van der Waals surface area contributed by atoms with Crippen molar-refractivity contribution in [1.82, 2.24) is 0 Å². The van der Waals surface area contributed by atoms with E-state index in [9.17, 15) is 14.5 Å². The number of nitro benzene ring substituents is 1. The van der Waals surface area contributed by atoms with Crippen molar-refractivity contribution in [2.24, 2.45) is 0 Å². The molecule has 0 spiro atoms. The Labute approximate surface area is 130 Å². The van der Waals surface area contributed by atoms with Crippen LogP contribution >= 0.6 is 23.2 Å². The molecular weight excluding hydrogens is 320 g/mol. The van der Waals surface area contributed by atoms with Crippen molar-refractivity contribution in [1.29, 1.82) is 0 Å². The Balaban J connectivity index is 2.24. The van der Waals surface area contributed by atoms with Gasteiger partial charge in [0.25, 0.3) is 5.69 Å². The molecule has 0 radical (unpaired) electrons. The number of nitrogens with zero attached hydrogens (tertiary/aromatic N) is 1. The minimum Gasteiger partial charge on any atom is -0.486 e. The lowest BCUT2D eigenvalue weighted by atomic mass is 10.1. The van der Waals surface area contributed by atoms with Gasteiger partial charge in [-0.25, -0.2) is 4.39 Å². The number of benzene rings is 2. The summed E-state index contributed by atoms with van der Waals surface area (Å²) >= 11 is 11.8. The minimum atomic E-state index is -0.697. The zero-order valence-corrected chi connectivity index (χ0v) is 12.4. The maximum absolute atomic E-state index is 13.8. The Morgan fingerprint density at radius 2 is 1.81 bits per heavy atom. The second-order valence-corrected chi connectivity index (χ2v) is 5.05. The molecule has 2 rings (SSSR count). The average molecular weight is 330 g/mol. The van der Waals surface area contributed by atoms with Crippen LogP contribution in [0.3, 0.4) is 0 Å². The summed E-state index contributed by atoms with van der Waals surface area (Å²) in [5.74, 6) is -0.164. The molecule has 0 heterocycles. The van der Waals surface area contributed by atoms with Crippen LogP contribution in [0.4, 0.5) is 10.1 Å². The van der Waals surface area contributed by atoms with Crippen LogP contribution in [0.25, 0.3) is 0 Å². The summed E-state index contributed by atoms with van der Waals surface area (Å²) in [6, 6.07) is 8.05. The van der Waals surface area contributed by atoms with E-state index >= 15 is 0 Å². The lowest BCUT2D eigenvalue weighted by molar-refractivity contribution is -0.384. The monoisotopic (exact) mass is 329 g/mol. The third kappa shape index (κ3) is 3.43. The average Bonchev–Trinajstić information content (AvgIpc) is 2.44. The quantitative estimate of drug-likeness (QED) is 0.441. The summed E-state index contributed by atoms with van der Waals surface area (Å²) in [5.41, 5.74) is 0.0875. The summed E-state index contributed by atoms with van der Waals surface area (Å²) in [6.07, 6.45) is -0.697. The second-order valence-electron chi connectivity index (χ2n) is 4.27. The van der Waals surface area contributed by atoms with Crippen molar-refractivity contribution in [3.63, 3.8) is 0 Å². The Bertz CT molecular complexity index is 677. The lowest BCUT2D eigenvalue weighted by Gasteiger charge is -2.17. The van der Waals surface area contributed by atoms with Gasteiger partial charge in [-0.3, -0.25) is 10.1 Å². The molecule has 1 unspecified atom stereocenters. The molecule has 0 aliphatic heterocycles. The first-order valence-electron chi connectivity index (χ1n) is 5.94. The molecule has 0 amide bonds. The minimum absolute atomic E-state index is 0.0537. The van der Waals surface area contributed by atoms with Gasteiger partial charge in [0.1, 0.15) is 17.7 Å².